The summed E-state index contributed by atoms with van der Waals surface area (Å²) in [6.07, 6.45) is 0.250. The van der Waals surface area contributed by atoms with E-state index in [2.05, 4.69) is 19.2 Å². The van der Waals surface area contributed by atoms with Crippen LogP contribution in [0.4, 0.5) is 5.69 Å². The average molecular weight is 442 g/mol. The van der Waals surface area contributed by atoms with E-state index in [0.717, 1.165) is 16.2 Å². The van der Waals surface area contributed by atoms with Crippen LogP contribution in [0.15, 0.2) is 69.8 Å². The third kappa shape index (κ3) is 3.87. The van der Waals surface area contributed by atoms with Crippen LogP contribution < -0.4 is 10.1 Å². The lowest BCUT2D eigenvalue weighted by molar-refractivity contribution is -0.116. The first-order valence-corrected chi connectivity index (χ1v) is 12.2. The number of fused-ring (bicyclic) bond motifs is 1. The first-order valence-electron chi connectivity index (χ1n) is 9.81. The van der Waals surface area contributed by atoms with Gasteiger partial charge in [0, 0.05) is 28.2 Å². The molecule has 0 radical (unpaired) electrons. The Balaban J connectivity index is 1.78. The van der Waals surface area contributed by atoms with Gasteiger partial charge in [0.15, 0.2) is 0 Å². The number of ether oxygens (including phenoxy) is 1. The molecule has 0 fully saturated rings. The second kappa shape index (κ2) is 8.24. The van der Waals surface area contributed by atoms with Gasteiger partial charge in [0.2, 0.25) is 15.7 Å². The van der Waals surface area contributed by atoms with E-state index in [1.807, 2.05) is 24.3 Å². The van der Waals surface area contributed by atoms with Crippen molar-refractivity contribution in [1.29, 1.82) is 0 Å². The van der Waals surface area contributed by atoms with E-state index in [0.29, 0.717) is 18.2 Å². The molecule has 2 aromatic carbocycles. The summed E-state index contributed by atoms with van der Waals surface area (Å²) >= 11 is 1.36. The zero-order valence-electron chi connectivity index (χ0n) is 16.8. The van der Waals surface area contributed by atoms with Gasteiger partial charge in [-0.3, -0.25) is 4.79 Å². The molecule has 1 aliphatic heterocycles. The van der Waals surface area contributed by atoms with E-state index in [4.69, 9.17) is 4.74 Å². The van der Waals surface area contributed by atoms with Gasteiger partial charge in [-0.05, 0) is 24.1 Å². The minimum atomic E-state index is -3.73. The van der Waals surface area contributed by atoms with E-state index in [1.54, 1.807) is 35.7 Å². The Morgan fingerprint density at radius 3 is 2.53 bits per heavy atom. The van der Waals surface area contributed by atoms with E-state index in [9.17, 15) is 13.2 Å². The second-order valence-corrected chi connectivity index (χ2v) is 10.5. The summed E-state index contributed by atoms with van der Waals surface area (Å²) in [6, 6.07) is 16.0. The number of carbonyl (C=O) groups excluding carboxylic acids is 1. The van der Waals surface area contributed by atoms with Crippen molar-refractivity contribution in [2.24, 2.45) is 5.92 Å². The zero-order valence-corrected chi connectivity index (χ0v) is 18.4. The van der Waals surface area contributed by atoms with Gasteiger partial charge >= 0.3 is 0 Å². The number of hydrogen-bond donors (Lipinski definition) is 1. The maximum Gasteiger partial charge on any atom is 0.225 e. The predicted octanol–water partition coefficient (Wildman–Crippen LogP) is 5.09. The number of thiophene rings is 1. The Hall–Kier alpha value is -2.64. The molecule has 0 saturated heterocycles. The van der Waals surface area contributed by atoms with Crippen LogP contribution in [0.5, 0.6) is 5.75 Å². The van der Waals surface area contributed by atoms with Crippen LogP contribution in [-0.4, -0.2) is 20.9 Å². The Morgan fingerprint density at radius 1 is 1.10 bits per heavy atom. The van der Waals surface area contributed by atoms with Crippen LogP contribution in [0.3, 0.4) is 0 Å². The topological polar surface area (TPSA) is 72.5 Å². The van der Waals surface area contributed by atoms with Gasteiger partial charge in [-0.15, -0.1) is 11.3 Å². The number of hydrogen-bond acceptors (Lipinski definition) is 5. The molecule has 30 heavy (non-hydrogen) atoms. The lowest BCUT2D eigenvalue weighted by atomic mass is 9.90. The van der Waals surface area contributed by atoms with Crippen molar-refractivity contribution in [1.82, 2.24) is 0 Å². The van der Waals surface area contributed by atoms with Crippen LogP contribution in [0.1, 0.15) is 36.6 Å². The van der Waals surface area contributed by atoms with Crippen molar-refractivity contribution in [3.8, 4) is 5.75 Å². The average Bonchev–Trinajstić information content (AvgIpc) is 3.17. The third-order valence-electron chi connectivity index (χ3n) is 4.97. The molecule has 156 valence electrons. The zero-order chi connectivity index (χ0) is 21.3. The molecular formula is C23H23NO4S2. The molecule has 1 amide bonds. The molecule has 3 aromatic rings. The van der Waals surface area contributed by atoms with E-state index in [1.165, 1.54) is 11.3 Å². The first kappa shape index (κ1) is 20.6. The summed E-state index contributed by atoms with van der Waals surface area (Å²) in [6.45, 7) is 4.73. The number of sulfone groups is 1. The fourth-order valence-corrected chi connectivity index (χ4v) is 6.46. The maximum absolute atomic E-state index is 13.2. The van der Waals surface area contributed by atoms with Crippen molar-refractivity contribution >= 4 is 32.8 Å². The molecule has 5 nitrogen and oxygen atoms in total. The van der Waals surface area contributed by atoms with Crippen LogP contribution in [0.2, 0.25) is 0 Å². The fraction of sp³-hybridized carbons (Fsp3) is 0.261. The van der Waals surface area contributed by atoms with E-state index < -0.39 is 9.84 Å². The highest BCUT2D eigenvalue weighted by Crippen LogP contribution is 2.47. The highest BCUT2D eigenvalue weighted by molar-refractivity contribution is 7.91. The first-order chi connectivity index (χ1) is 14.4. The summed E-state index contributed by atoms with van der Waals surface area (Å²) in [4.78, 5) is 13.8. The van der Waals surface area contributed by atoms with Crippen molar-refractivity contribution in [3.05, 3.63) is 70.4 Å². The molecular weight excluding hydrogens is 418 g/mol. The summed E-state index contributed by atoms with van der Waals surface area (Å²) in [5, 5.41) is 4.43. The minimum absolute atomic E-state index is 0.146. The molecule has 0 saturated carbocycles. The van der Waals surface area contributed by atoms with Gasteiger partial charge in [0.1, 0.15) is 10.6 Å². The SMILES string of the molecule is CC(C)COc1ccccc1[C@@H]1CC(=O)Nc2c(S(=O)(=O)c3ccccc3)csc21. The van der Waals surface area contributed by atoms with Gasteiger partial charge < -0.3 is 10.1 Å². The largest absolute Gasteiger partial charge is 0.493 e. The number of carbonyl (C=O) groups is 1. The van der Waals surface area contributed by atoms with Crippen molar-refractivity contribution < 1.29 is 17.9 Å². The Labute approximate surface area is 180 Å². The van der Waals surface area contributed by atoms with Gasteiger partial charge in [0.25, 0.3) is 0 Å². The summed E-state index contributed by atoms with van der Waals surface area (Å²) in [5.74, 6) is 0.654. The fourth-order valence-electron chi connectivity index (χ4n) is 3.54. The highest BCUT2D eigenvalue weighted by Gasteiger charge is 2.35. The van der Waals surface area contributed by atoms with Crippen LogP contribution in [-0.2, 0) is 14.6 Å². The highest BCUT2D eigenvalue weighted by atomic mass is 32.2. The molecule has 0 aliphatic carbocycles. The third-order valence-corrected chi connectivity index (χ3v) is 8.00. The van der Waals surface area contributed by atoms with Gasteiger partial charge in [0.05, 0.1) is 17.2 Å². The molecule has 0 bridgehead atoms. The van der Waals surface area contributed by atoms with Gasteiger partial charge in [-0.25, -0.2) is 8.42 Å². The second-order valence-electron chi connectivity index (χ2n) is 7.70. The number of para-hydroxylation sites is 1. The number of nitrogens with one attached hydrogen (secondary N) is 1. The smallest absolute Gasteiger partial charge is 0.225 e. The standard InChI is InChI=1S/C23H23NO4S2/c1-15(2)13-28-19-11-7-6-10-17(19)18-12-21(25)24-22-20(14-29-23(18)22)30(26,27)16-8-4-3-5-9-16/h3-11,14-15,18H,12-13H2,1-2H3,(H,24,25)/t18-/m0/s1. The number of amides is 1. The minimum Gasteiger partial charge on any atom is -0.493 e. The quantitative estimate of drug-likeness (QED) is 0.578. The van der Waals surface area contributed by atoms with Crippen molar-refractivity contribution in [2.75, 3.05) is 11.9 Å². The van der Waals surface area contributed by atoms with Crippen molar-refractivity contribution in [3.63, 3.8) is 0 Å². The van der Waals surface area contributed by atoms with Crippen LogP contribution in [0.25, 0.3) is 0 Å². The monoisotopic (exact) mass is 441 g/mol. The Kier molecular flexibility index (Phi) is 5.66. The lowest BCUT2D eigenvalue weighted by Crippen LogP contribution is -2.24. The maximum atomic E-state index is 13.2. The van der Waals surface area contributed by atoms with Crippen molar-refractivity contribution in [2.45, 2.75) is 36.0 Å². The molecule has 1 N–H and O–H groups in total. The number of anilines is 1. The van der Waals surface area contributed by atoms with Crippen LogP contribution in [0, 0.1) is 5.92 Å². The summed E-state index contributed by atoms with van der Waals surface area (Å²) in [7, 11) is -3.73. The lowest BCUT2D eigenvalue weighted by Gasteiger charge is -2.25. The molecule has 4 rings (SSSR count). The molecule has 1 aromatic heterocycles. The van der Waals surface area contributed by atoms with Crippen LogP contribution >= 0.6 is 11.3 Å². The normalized spacial score (nSPS) is 16.2. The molecule has 1 atom stereocenters. The molecule has 1 aliphatic rings. The molecule has 0 unspecified atom stereocenters. The molecule has 2 heterocycles. The Morgan fingerprint density at radius 2 is 1.80 bits per heavy atom. The van der Waals surface area contributed by atoms with Gasteiger partial charge in [-0.1, -0.05) is 50.2 Å². The summed E-state index contributed by atoms with van der Waals surface area (Å²) in [5.41, 5.74) is 1.29. The van der Waals surface area contributed by atoms with Gasteiger partial charge in [-0.2, -0.15) is 0 Å². The number of benzene rings is 2. The molecule has 0 spiro atoms. The molecule has 7 heteroatoms. The van der Waals surface area contributed by atoms with E-state index >= 15 is 0 Å². The number of rotatable bonds is 6. The summed E-state index contributed by atoms with van der Waals surface area (Å²) < 4.78 is 32.4. The van der Waals surface area contributed by atoms with E-state index in [-0.39, 0.29) is 28.0 Å². The predicted molar refractivity (Wildman–Crippen MR) is 118 cm³/mol. The Bertz CT molecular complexity index is 1170.